The van der Waals surface area contributed by atoms with Gasteiger partial charge in [0.2, 0.25) is 0 Å². The van der Waals surface area contributed by atoms with Gasteiger partial charge in [-0.25, -0.2) is 9.97 Å². The van der Waals surface area contributed by atoms with Crippen LogP contribution in [0.15, 0.2) is 30.7 Å². The van der Waals surface area contributed by atoms with Gasteiger partial charge in [-0.3, -0.25) is 0 Å². The first-order valence-electron chi connectivity index (χ1n) is 5.62. The first kappa shape index (κ1) is 11.8. The van der Waals surface area contributed by atoms with E-state index in [1.165, 1.54) is 6.33 Å². The zero-order chi connectivity index (χ0) is 13.4. The number of methoxy groups -OCH3 is 1. The summed E-state index contributed by atoms with van der Waals surface area (Å²) in [5, 5.41) is 1.38. The van der Waals surface area contributed by atoms with Gasteiger partial charge < -0.3 is 15.5 Å². The molecule has 0 radical (unpaired) electrons. The van der Waals surface area contributed by atoms with Gasteiger partial charge in [0.1, 0.15) is 23.5 Å². The number of halogens is 1. The van der Waals surface area contributed by atoms with Crippen LogP contribution in [-0.2, 0) is 0 Å². The van der Waals surface area contributed by atoms with Gasteiger partial charge in [0.15, 0.2) is 0 Å². The number of H-pyrrole nitrogens is 1. The van der Waals surface area contributed by atoms with E-state index in [1.54, 1.807) is 19.2 Å². The quantitative estimate of drug-likeness (QED) is 0.753. The summed E-state index contributed by atoms with van der Waals surface area (Å²) < 4.78 is 5.22. The highest BCUT2D eigenvalue weighted by atomic mass is 35.5. The fraction of sp³-hybridized carbons (Fsp3) is 0.0769. The number of fused-ring (bicyclic) bond motifs is 1. The van der Waals surface area contributed by atoms with Crippen LogP contribution in [0.5, 0.6) is 5.75 Å². The van der Waals surface area contributed by atoms with Crippen LogP contribution in [0.3, 0.4) is 0 Å². The number of nitrogens with one attached hydrogen (secondary N) is 1. The molecule has 0 fully saturated rings. The minimum Gasteiger partial charge on any atom is -0.497 e. The standard InChI is InChI=1S/C13H11ClN4O/c1-19-7-2-3-10(14)8(4-7)9-5-16-13-11(9)12(15)17-6-18-13/h2-6H,1H3,(H3,15,16,17,18). The van der Waals surface area contributed by atoms with Crippen molar-refractivity contribution < 1.29 is 4.74 Å². The van der Waals surface area contributed by atoms with Crippen LogP contribution in [0.2, 0.25) is 5.02 Å². The Morgan fingerprint density at radius 1 is 1.26 bits per heavy atom. The molecule has 1 aromatic carbocycles. The summed E-state index contributed by atoms with van der Waals surface area (Å²) in [6.45, 7) is 0. The number of hydrogen-bond acceptors (Lipinski definition) is 4. The highest BCUT2D eigenvalue weighted by molar-refractivity contribution is 6.33. The number of nitrogen functional groups attached to an aromatic ring is 1. The molecule has 3 rings (SSSR count). The zero-order valence-electron chi connectivity index (χ0n) is 10.1. The Labute approximate surface area is 114 Å². The summed E-state index contributed by atoms with van der Waals surface area (Å²) >= 11 is 6.25. The van der Waals surface area contributed by atoms with E-state index in [2.05, 4.69) is 15.0 Å². The molecule has 0 saturated heterocycles. The van der Waals surface area contributed by atoms with Crippen molar-refractivity contribution in [2.45, 2.75) is 0 Å². The van der Waals surface area contributed by atoms with E-state index >= 15 is 0 Å². The van der Waals surface area contributed by atoms with E-state index in [0.717, 1.165) is 22.3 Å². The molecular weight excluding hydrogens is 264 g/mol. The Balaban J connectivity index is 2.30. The van der Waals surface area contributed by atoms with E-state index in [-0.39, 0.29) is 0 Å². The number of ether oxygens (including phenoxy) is 1. The Kier molecular flexibility index (Phi) is 2.76. The lowest BCUT2D eigenvalue weighted by Gasteiger charge is -2.06. The molecule has 0 spiro atoms. The number of hydrogen-bond donors (Lipinski definition) is 2. The summed E-state index contributed by atoms with van der Waals surface area (Å²) in [4.78, 5) is 11.2. The molecule has 2 heterocycles. The first-order chi connectivity index (χ1) is 9.20. The van der Waals surface area contributed by atoms with E-state index < -0.39 is 0 Å². The number of anilines is 1. The van der Waals surface area contributed by atoms with Gasteiger partial charge in [-0.05, 0) is 18.2 Å². The Morgan fingerprint density at radius 3 is 2.89 bits per heavy atom. The Hall–Kier alpha value is -2.27. The molecule has 0 aliphatic carbocycles. The van der Waals surface area contributed by atoms with Gasteiger partial charge in [0.25, 0.3) is 0 Å². The van der Waals surface area contributed by atoms with Crippen LogP contribution in [0.4, 0.5) is 5.82 Å². The summed E-state index contributed by atoms with van der Waals surface area (Å²) in [6, 6.07) is 5.45. The van der Waals surface area contributed by atoms with Crippen LogP contribution < -0.4 is 10.5 Å². The molecule has 19 heavy (non-hydrogen) atoms. The van der Waals surface area contributed by atoms with Crippen LogP contribution >= 0.6 is 11.6 Å². The topological polar surface area (TPSA) is 76.8 Å². The molecule has 5 nitrogen and oxygen atoms in total. The lowest BCUT2D eigenvalue weighted by molar-refractivity contribution is 0.415. The van der Waals surface area contributed by atoms with Crippen molar-refractivity contribution in [1.82, 2.24) is 15.0 Å². The van der Waals surface area contributed by atoms with Crippen molar-refractivity contribution in [3.05, 3.63) is 35.7 Å². The molecule has 3 aromatic rings. The summed E-state index contributed by atoms with van der Waals surface area (Å²) in [5.41, 5.74) is 8.28. The largest absolute Gasteiger partial charge is 0.497 e. The van der Waals surface area contributed by atoms with Gasteiger partial charge >= 0.3 is 0 Å². The molecule has 96 valence electrons. The second kappa shape index (κ2) is 4.44. The van der Waals surface area contributed by atoms with Crippen LogP contribution in [-0.4, -0.2) is 22.1 Å². The van der Waals surface area contributed by atoms with Crippen molar-refractivity contribution in [1.29, 1.82) is 0 Å². The predicted octanol–water partition coefficient (Wildman–Crippen LogP) is 2.87. The third-order valence-corrected chi connectivity index (χ3v) is 3.29. The van der Waals surface area contributed by atoms with Gasteiger partial charge in [0.05, 0.1) is 12.5 Å². The molecule has 0 amide bonds. The lowest BCUT2D eigenvalue weighted by Crippen LogP contribution is -1.92. The molecule has 2 aromatic heterocycles. The van der Waals surface area contributed by atoms with Gasteiger partial charge in [-0.1, -0.05) is 11.6 Å². The average Bonchev–Trinajstić information content (AvgIpc) is 2.85. The number of nitrogens with two attached hydrogens (primary N) is 1. The maximum Gasteiger partial charge on any atom is 0.143 e. The van der Waals surface area contributed by atoms with Crippen molar-refractivity contribution >= 4 is 28.5 Å². The summed E-state index contributed by atoms with van der Waals surface area (Å²) in [7, 11) is 1.61. The molecular formula is C13H11ClN4O. The van der Waals surface area contributed by atoms with Crippen LogP contribution in [0.1, 0.15) is 0 Å². The van der Waals surface area contributed by atoms with Crippen LogP contribution in [0, 0.1) is 0 Å². The minimum atomic E-state index is 0.417. The van der Waals surface area contributed by atoms with Crippen molar-refractivity contribution in [3.63, 3.8) is 0 Å². The Bertz CT molecular complexity index is 753. The average molecular weight is 275 g/mol. The SMILES string of the molecule is COc1ccc(Cl)c(-c2c[nH]c3ncnc(N)c23)c1. The molecule has 6 heteroatoms. The van der Waals surface area contributed by atoms with E-state index in [1.807, 2.05) is 12.3 Å². The van der Waals surface area contributed by atoms with Crippen molar-refractivity contribution in [2.75, 3.05) is 12.8 Å². The molecule has 3 N–H and O–H groups in total. The zero-order valence-corrected chi connectivity index (χ0v) is 10.9. The third kappa shape index (κ3) is 1.88. The Morgan fingerprint density at radius 2 is 2.11 bits per heavy atom. The number of aromatic amines is 1. The molecule has 0 bridgehead atoms. The monoisotopic (exact) mass is 274 g/mol. The number of rotatable bonds is 2. The third-order valence-electron chi connectivity index (χ3n) is 2.96. The normalized spacial score (nSPS) is 10.8. The van der Waals surface area contributed by atoms with Crippen molar-refractivity contribution in [3.8, 4) is 16.9 Å². The minimum absolute atomic E-state index is 0.417. The van der Waals surface area contributed by atoms with E-state index in [9.17, 15) is 0 Å². The highest BCUT2D eigenvalue weighted by Gasteiger charge is 2.14. The van der Waals surface area contributed by atoms with Crippen molar-refractivity contribution in [2.24, 2.45) is 0 Å². The van der Waals surface area contributed by atoms with Crippen LogP contribution in [0.25, 0.3) is 22.2 Å². The molecule has 0 atom stereocenters. The maximum atomic E-state index is 6.25. The number of aromatic nitrogens is 3. The second-order valence-electron chi connectivity index (χ2n) is 4.03. The van der Waals surface area contributed by atoms with E-state index in [4.69, 9.17) is 22.1 Å². The molecule has 0 aliphatic heterocycles. The van der Waals surface area contributed by atoms with Gasteiger partial charge in [-0.2, -0.15) is 0 Å². The molecule has 0 unspecified atom stereocenters. The van der Waals surface area contributed by atoms with Gasteiger partial charge in [-0.15, -0.1) is 0 Å². The fourth-order valence-electron chi connectivity index (χ4n) is 2.04. The first-order valence-corrected chi connectivity index (χ1v) is 6.00. The molecule has 0 saturated carbocycles. The predicted molar refractivity (Wildman–Crippen MR) is 75.3 cm³/mol. The summed E-state index contributed by atoms with van der Waals surface area (Å²) in [5.74, 6) is 1.14. The highest BCUT2D eigenvalue weighted by Crippen LogP contribution is 2.36. The number of nitrogens with zero attached hydrogens (tertiary/aromatic N) is 2. The summed E-state index contributed by atoms with van der Waals surface area (Å²) in [6.07, 6.45) is 3.24. The second-order valence-corrected chi connectivity index (χ2v) is 4.44. The van der Waals surface area contributed by atoms with E-state index in [0.29, 0.717) is 16.5 Å². The maximum absolute atomic E-state index is 6.25. The lowest BCUT2D eigenvalue weighted by atomic mass is 10.1. The van der Waals surface area contributed by atoms with Gasteiger partial charge in [0, 0.05) is 22.3 Å². The smallest absolute Gasteiger partial charge is 0.143 e. The fourth-order valence-corrected chi connectivity index (χ4v) is 2.26. The molecule has 0 aliphatic rings. The number of benzene rings is 1.